The Balaban J connectivity index is 1.68. The van der Waals surface area contributed by atoms with Crippen LogP contribution < -0.4 is 19.5 Å². The summed E-state index contributed by atoms with van der Waals surface area (Å²) < 4.78 is 17.2. The molecule has 1 unspecified atom stereocenters. The molecule has 0 saturated carbocycles. The largest absolute Gasteiger partial charge is 0.494 e. The first kappa shape index (κ1) is 23.5. The fourth-order valence-electron chi connectivity index (χ4n) is 3.14. The average molecular weight is 447 g/mol. The Hall–Kier alpha value is -4.18. The Morgan fingerprint density at radius 2 is 1.58 bits per heavy atom. The van der Waals surface area contributed by atoms with E-state index in [9.17, 15) is 9.90 Å². The van der Waals surface area contributed by atoms with Crippen molar-refractivity contribution in [3.8, 4) is 23.3 Å². The quantitative estimate of drug-likeness (QED) is 0.376. The molecule has 2 N–H and O–H groups in total. The Labute approximate surface area is 193 Å². The Kier molecular flexibility index (Phi) is 8.55. The molecule has 0 aliphatic carbocycles. The molecule has 0 radical (unpaired) electrons. The summed E-state index contributed by atoms with van der Waals surface area (Å²) in [5.74, 6) is 0.800. The van der Waals surface area contributed by atoms with E-state index in [4.69, 9.17) is 19.5 Å². The van der Waals surface area contributed by atoms with Crippen molar-refractivity contribution in [2.45, 2.75) is 19.4 Å². The number of rotatable bonds is 12. The zero-order valence-corrected chi connectivity index (χ0v) is 18.4. The Bertz CT molecular complexity index is 1080. The fraction of sp³-hybridized carbons (Fsp3) is 0.231. The van der Waals surface area contributed by atoms with Gasteiger partial charge in [-0.3, -0.25) is 0 Å². The van der Waals surface area contributed by atoms with Gasteiger partial charge in [-0.15, -0.1) is 0 Å². The van der Waals surface area contributed by atoms with Gasteiger partial charge in [0, 0.05) is 18.2 Å². The van der Waals surface area contributed by atoms with Crippen molar-refractivity contribution in [3.05, 3.63) is 83.9 Å². The average Bonchev–Trinajstić information content (AvgIpc) is 2.83. The maximum atomic E-state index is 12.0. The van der Waals surface area contributed by atoms with Gasteiger partial charge in [0.1, 0.15) is 17.2 Å². The molecule has 7 nitrogen and oxygen atoms in total. The standard InChI is InChI=1S/C26H26N2O5/c1-2-31-23-15-20(25(26(29)30)28-21-11-9-19(18-27)10-12-21)16-24(17-23)33-14-6-13-32-22-7-4-3-5-8-22/h3-5,7-12,15-17,25,28H,2,6,13-14H2,1H3,(H,29,30). The predicted molar refractivity (Wildman–Crippen MR) is 125 cm³/mol. The molecular formula is C26H26N2O5. The number of hydrogen-bond donors (Lipinski definition) is 2. The minimum atomic E-state index is -1.05. The van der Waals surface area contributed by atoms with Gasteiger partial charge in [-0.25, -0.2) is 4.79 Å². The van der Waals surface area contributed by atoms with Crippen LogP contribution in [-0.4, -0.2) is 30.9 Å². The van der Waals surface area contributed by atoms with Gasteiger partial charge >= 0.3 is 5.97 Å². The third-order valence-electron chi connectivity index (χ3n) is 4.69. The molecule has 1 atom stereocenters. The zero-order valence-electron chi connectivity index (χ0n) is 18.4. The molecule has 0 aliphatic heterocycles. The lowest BCUT2D eigenvalue weighted by molar-refractivity contribution is -0.138. The van der Waals surface area contributed by atoms with E-state index in [2.05, 4.69) is 5.32 Å². The van der Waals surface area contributed by atoms with Gasteiger partial charge in [-0.2, -0.15) is 5.26 Å². The Morgan fingerprint density at radius 1 is 0.939 bits per heavy atom. The van der Waals surface area contributed by atoms with Crippen molar-refractivity contribution < 1.29 is 24.1 Å². The number of nitrogens with one attached hydrogen (secondary N) is 1. The molecule has 3 aromatic rings. The second-order valence-electron chi connectivity index (χ2n) is 7.14. The van der Waals surface area contributed by atoms with E-state index in [1.807, 2.05) is 43.3 Å². The van der Waals surface area contributed by atoms with Gasteiger partial charge in [0.15, 0.2) is 6.04 Å². The van der Waals surface area contributed by atoms with E-state index in [1.54, 1.807) is 42.5 Å². The lowest BCUT2D eigenvalue weighted by Crippen LogP contribution is -2.20. The van der Waals surface area contributed by atoms with E-state index in [-0.39, 0.29) is 0 Å². The van der Waals surface area contributed by atoms with Crippen LogP contribution in [0.1, 0.15) is 30.5 Å². The van der Waals surface area contributed by atoms with Crippen LogP contribution in [0.3, 0.4) is 0 Å². The minimum absolute atomic E-state index is 0.405. The van der Waals surface area contributed by atoms with Crippen molar-refractivity contribution in [2.75, 3.05) is 25.1 Å². The van der Waals surface area contributed by atoms with E-state index in [0.29, 0.717) is 54.6 Å². The number of anilines is 1. The minimum Gasteiger partial charge on any atom is -0.494 e. The van der Waals surface area contributed by atoms with Crippen molar-refractivity contribution in [1.29, 1.82) is 5.26 Å². The summed E-state index contributed by atoms with van der Waals surface area (Å²) in [6.45, 7) is 3.20. The smallest absolute Gasteiger partial charge is 0.330 e. The van der Waals surface area contributed by atoms with Gasteiger partial charge in [0.2, 0.25) is 0 Å². The molecule has 0 aromatic heterocycles. The number of hydrogen-bond acceptors (Lipinski definition) is 6. The fourth-order valence-corrected chi connectivity index (χ4v) is 3.14. The summed E-state index contributed by atoms with van der Waals surface area (Å²) in [6.07, 6.45) is 0.662. The van der Waals surface area contributed by atoms with E-state index in [0.717, 1.165) is 5.75 Å². The van der Waals surface area contributed by atoms with Crippen LogP contribution in [0.25, 0.3) is 0 Å². The van der Waals surface area contributed by atoms with Crippen molar-refractivity contribution in [2.24, 2.45) is 0 Å². The zero-order chi connectivity index (χ0) is 23.5. The number of aliphatic carboxylic acids is 1. The number of benzene rings is 3. The molecule has 0 amide bonds. The Morgan fingerprint density at radius 3 is 2.18 bits per heavy atom. The molecule has 7 heteroatoms. The number of ether oxygens (including phenoxy) is 3. The van der Waals surface area contributed by atoms with Crippen LogP contribution in [0.2, 0.25) is 0 Å². The maximum Gasteiger partial charge on any atom is 0.330 e. The number of carboxylic acids is 1. The molecule has 33 heavy (non-hydrogen) atoms. The highest BCUT2D eigenvalue weighted by atomic mass is 16.5. The summed E-state index contributed by atoms with van der Waals surface area (Å²) in [6, 6.07) is 22.3. The molecule has 3 aromatic carbocycles. The van der Waals surface area contributed by atoms with Gasteiger partial charge in [-0.1, -0.05) is 18.2 Å². The molecule has 0 heterocycles. The molecule has 0 fully saturated rings. The highest BCUT2D eigenvalue weighted by Crippen LogP contribution is 2.29. The first-order chi connectivity index (χ1) is 16.1. The summed E-state index contributed by atoms with van der Waals surface area (Å²) in [5, 5.41) is 21.8. The van der Waals surface area contributed by atoms with Crippen LogP contribution in [0.15, 0.2) is 72.8 Å². The number of carboxylic acid groups (broad SMARTS) is 1. The third kappa shape index (κ3) is 7.18. The van der Waals surface area contributed by atoms with E-state index >= 15 is 0 Å². The normalized spacial score (nSPS) is 11.2. The molecule has 0 bridgehead atoms. The summed E-state index contributed by atoms with van der Waals surface area (Å²) >= 11 is 0. The lowest BCUT2D eigenvalue weighted by atomic mass is 10.1. The molecule has 0 aliphatic rings. The van der Waals surface area contributed by atoms with E-state index in [1.165, 1.54) is 0 Å². The monoisotopic (exact) mass is 446 g/mol. The summed E-state index contributed by atoms with van der Waals surface area (Å²) in [4.78, 5) is 12.0. The van der Waals surface area contributed by atoms with Crippen LogP contribution in [0.5, 0.6) is 17.2 Å². The number of nitriles is 1. The van der Waals surface area contributed by atoms with Gasteiger partial charge < -0.3 is 24.6 Å². The van der Waals surface area contributed by atoms with E-state index < -0.39 is 12.0 Å². The highest BCUT2D eigenvalue weighted by molar-refractivity contribution is 5.79. The topological polar surface area (TPSA) is 101 Å². The molecule has 3 rings (SSSR count). The maximum absolute atomic E-state index is 12.0. The molecule has 0 saturated heterocycles. The van der Waals surface area contributed by atoms with Crippen LogP contribution in [-0.2, 0) is 4.79 Å². The third-order valence-corrected chi connectivity index (χ3v) is 4.69. The highest BCUT2D eigenvalue weighted by Gasteiger charge is 2.21. The summed E-state index contributed by atoms with van der Waals surface area (Å²) in [7, 11) is 0. The number of para-hydroxylation sites is 1. The number of carbonyl (C=O) groups is 1. The SMILES string of the molecule is CCOc1cc(OCCCOc2ccccc2)cc(C(Nc2ccc(C#N)cc2)C(=O)O)c1. The molecule has 170 valence electrons. The molecular weight excluding hydrogens is 420 g/mol. The van der Waals surface area contributed by atoms with Crippen LogP contribution in [0, 0.1) is 11.3 Å². The first-order valence-electron chi connectivity index (χ1n) is 10.7. The summed E-state index contributed by atoms with van der Waals surface area (Å²) in [5.41, 5.74) is 1.58. The van der Waals surface area contributed by atoms with Crippen molar-refractivity contribution in [1.82, 2.24) is 0 Å². The van der Waals surface area contributed by atoms with Gasteiger partial charge in [-0.05, 0) is 61.0 Å². The van der Waals surface area contributed by atoms with Crippen LogP contribution in [0.4, 0.5) is 5.69 Å². The van der Waals surface area contributed by atoms with Gasteiger partial charge in [0.05, 0.1) is 31.5 Å². The second kappa shape index (κ2) is 12.0. The predicted octanol–water partition coefficient (Wildman–Crippen LogP) is 5.04. The van der Waals surface area contributed by atoms with Crippen molar-refractivity contribution in [3.63, 3.8) is 0 Å². The van der Waals surface area contributed by atoms with Gasteiger partial charge in [0.25, 0.3) is 0 Å². The van der Waals surface area contributed by atoms with Crippen molar-refractivity contribution >= 4 is 11.7 Å². The molecule has 0 spiro atoms. The number of nitrogens with zero attached hydrogens (tertiary/aromatic N) is 1. The first-order valence-corrected chi connectivity index (χ1v) is 10.7. The van der Waals surface area contributed by atoms with Crippen LogP contribution >= 0.6 is 0 Å². The second-order valence-corrected chi connectivity index (χ2v) is 7.14. The lowest BCUT2D eigenvalue weighted by Gasteiger charge is -2.19.